The monoisotopic (exact) mass is 573 g/mol. The topological polar surface area (TPSA) is 78.4 Å². The van der Waals surface area contributed by atoms with Crippen LogP contribution in [0, 0.1) is 0 Å². The van der Waals surface area contributed by atoms with Crippen molar-refractivity contribution in [3.63, 3.8) is 0 Å². The fraction of sp³-hybridized carbons (Fsp3) is 0.667. The Morgan fingerprint density at radius 3 is 2.58 bits per heavy atom. The van der Waals surface area contributed by atoms with Gasteiger partial charge in [0.1, 0.15) is 0 Å². The molecule has 0 spiro atoms. The highest BCUT2D eigenvalue weighted by atomic mass is 127. The number of guanidine groups is 1. The number of benzene rings is 1. The number of piperidine rings is 1. The highest BCUT2D eigenvalue weighted by Crippen LogP contribution is 2.17. The molecular weight excluding hydrogens is 533 g/mol. The van der Waals surface area contributed by atoms with Gasteiger partial charge in [0.05, 0.1) is 12.6 Å². The van der Waals surface area contributed by atoms with Crippen LogP contribution in [-0.4, -0.2) is 80.9 Å². The number of urea groups is 1. The lowest BCUT2D eigenvalue weighted by molar-refractivity contribution is 0.00990. The molecule has 0 saturated carbocycles. The van der Waals surface area contributed by atoms with Crippen LogP contribution in [0.15, 0.2) is 29.3 Å². The number of carbonyl (C=O) groups is 1. The number of carbonyl (C=O) groups excluding carboxylic acids is 1. The van der Waals surface area contributed by atoms with Gasteiger partial charge in [-0.2, -0.15) is 0 Å². The van der Waals surface area contributed by atoms with Crippen molar-refractivity contribution in [2.24, 2.45) is 4.99 Å². The van der Waals surface area contributed by atoms with E-state index < -0.39 is 0 Å². The minimum absolute atomic E-state index is 0. The van der Waals surface area contributed by atoms with E-state index in [1.807, 2.05) is 23.1 Å². The van der Waals surface area contributed by atoms with E-state index in [0.29, 0.717) is 12.6 Å². The number of halogens is 1. The summed E-state index contributed by atoms with van der Waals surface area (Å²) in [6.07, 6.45) is 5.46. The Labute approximate surface area is 215 Å². The SMILES string of the molecule is CCNC(=NCc1cccc(NC(=O)N2CCCC2)c1)N1CCC(OCCCOC)CC1.I. The van der Waals surface area contributed by atoms with Crippen LogP contribution in [0.5, 0.6) is 0 Å². The Bertz CT molecular complexity index is 735. The van der Waals surface area contributed by atoms with Gasteiger partial charge in [-0.1, -0.05) is 12.1 Å². The van der Waals surface area contributed by atoms with Gasteiger partial charge >= 0.3 is 6.03 Å². The van der Waals surface area contributed by atoms with Crippen LogP contribution in [0.3, 0.4) is 0 Å². The molecule has 3 rings (SSSR count). The normalized spacial score (nSPS) is 17.1. The van der Waals surface area contributed by atoms with Gasteiger partial charge in [0.2, 0.25) is 0 Å². The number of nitrogens with zero attached hydrogens (tertiary/aromatic N) is 3. The standard InChI is InChI=1S/C24H39N5O3.HI/c1-3-25-23(28-14-10-22(11-15-28)32-17-7-16-31-2)26-19-20-8-6-9-21(18-20)27-24(30)29-12-4-5-13-29;/h6,8-9,18,22H,3-5,7,10-17,19H2,1-2H3,(H,25,26)(H,27,30);1H. The maximum Gasteiger partial charge on any atom is 0.321 e. The maximum absolute atomic E-state index is 12.4. The zero-order valence-electron chi connectivity index (χ0n) is 20.1. The van der Waals surface area contributed by atoms with E-state index in [1.54, 1.807) is 7.11 Å². The first-order chi connectivity index (χ1) is 15.7. The molecule has 1 aromatic rings. The van der Waals surface area contributed by atoms with E-state index in [-0.39, 0.29) is 30.0 Å². The third-order valence-corrected chi connectivity index (χ3v) is 5.91. The number of likely N-dealkylation sites (tertiary alicyclic amines) is 2. The molecule has 0 atom stereocenters. The van der Waals surface area contributed by atoms with Crippen molar-refractivity contribution in [3.05, 3.63) is 29.8 Å². The predicted octanol–water partition coefficient (Wildman–Crippen LogP) is 3.92. The lowest BCUT2D eigenvalue weighted by atomic mass is 10.1. The second kappa shape index (κ2) is 15.3. The summed E-state index contributed by atoms with van der Waals surface area (Å²) in [7, 11) is 1.72. The first-order valence-corrected chi connectivity index (χ1v) is 12.0. The Morgan fingerprint density at radius 2 is 1.88 bits per heavy atom. The number of nitrogens with one attached hydrogen (secondary N) is 2. The van der Waals surface area contributed by atoms with Gasteiger partial charge in [-0.15, -0.1) is 24.0 Å². The van der Waals surface area contributed by atoms with Gasteiger partial charge in [0.15, 0.2) is 5.96 Å². The zero-order chi connectivity index (χ0) is 22.6. The molecule has 2 aliphatic rings. The molecule has 0 bridgehead atoms. The Morgan fingerprint density at radius 1 is 1.12 bits per heavy atom. The molecule has 2 fully saturated rings. The van der Waals surface area contributed by atoms with Gasteiger partial charge in [0, 0.05) is 58.7 Å². The second-order valence-electron chi connectivity index (χ2n) is 8.40. The molecule has 2 aliphatic heterocycles. The third kappa shape index (κ3) is 9.29. The highest BCUT2D eigenvalue weighted by molar-refractivity contribution is 14.0. The van der Waals surface area contributed by atoms with Crippen molar-refractivity contribution in [2.45, 2.75) is 51.7 Å². The van der Waals surface area contributed by atoms with E-state index in [1.165, 1.54) is 0 Å². The molecule has 2 saturated heterocycles. The summed E-state index contributed by atoms with van der Waals surface area (Å²) in [6.45, 7) is 8.57. The lowest BCUT2D eigenvalue weighted by Crippen LogP contribution is -2.47. The van der Waals surface area contributed by atoms with Gasteiger partial charge in [-0.25, -0.2) is 9.79 Å². The number of ether oxygens (including phenoxy) is 2. The average Bonchev–Trinajstić information content (AvgIpc) is 3.36. The number of aliphatic imine (C=N–C) groups is 1. The van der Waals surface area contributed by atoms with Crippen molar-refractivity contribution < 1.29 is 14.3 Å². The van der Waals surface area contributed by atoms with Crippen LogP contribution in [-0.2, 0) is 16.0 Å². The Hall–Kier alpha value is -1.59. The molecule has 0 aliphatic carbocycles. The van der Waals surface area contributed by atoms with Gasteiger partial charge in [0.25, 0.3) is 0 Å². The summed E-state index contributed by atoms with van der Waals surface area (Å²) in [5.74, 6) is 0.942. The molecule has 2 N–H and O–H groups in total. The molecule has 1 aromatic carbocycles. The average molecular weight is 574 g/mol. The fourth-order valence-electron chi connectivity index (χ4n) is 4.15. The summed E-state index contributed by atoms with van der Waals surface area (Å²) < 4.78 is 11.1. The number of anilines is 1. The first kappa shape index (κ1) is 27.7. The number of amides is 2. The number of hydrogen-bond donors (Lipinski definition) is 2. The van der Waals surface area contributed by atoms with E-state index in [2.05, 4.69) is 28.5 Å². The van der Waals surface area contributed by atoms with Crippen LogP contribution in [0.2, 0.25) is 0 Å². The molecule has 0 radical (unpaired) electrons. The molecule has 2 amide bonds. The van der Waals surface area contributed by atoms with Gasteiger partial charge in [-0.3, -0.25) is 0 Å². The predicted molar refractivity (Wildman–Crippen MR) is 144 cm³/mol. The van der Waals surface area contributed by atoms with E-state index >= 15 is 0 Å². The first-order valence-electron chi connectivity index (χ1n) is 12.0. The summed E-state index contributed by atoms with van der Waals surface area (Å²) in [5.41, 5.74) is 1.90. The van der Waals surface area contributed by atoms with E-state index in [0.717, 1.165) is 95.3 Å². The molecule has 2 heterocycles. The molecule has 8 nitrogen and oxygen atoms in total. The maximum atomic E-state index is 12.4. The van der Waals surface area contributed by atoms with Crippen LogP contribution in [0.25, 0.3) is 0 Å². The van der Waals surface area contributed by atoms with Crippen LogP contribution in [0.1, 0.15) is 44.6 Å². The van der Waals surface area contributed by atoms with Crippen molar-refractivity contribution in [1.82, 2.24) is 15.1 Å². The minimum Gasteiger partial charge on any atom is -0.385 e. The van der Waals surface area contributed by atoms with E-state index in [4.69, 9.17) is 14.5 Å². The summed E-state index contributed by atoms with van der Waals surface area (Å²) in [5, 5.41) is 6.44. The third-order valence-electron chi connectivity index (χ3n) is 5.91. The Kier molecular flexibility index (Phi) is 12.9. The zero-order valence-corrected chi connectivity index (χ0v) is 22.4. The number of rotatable bonds is 9. The molecule has 0 aromatic heterocycles. The Balaban J connectivity index is 0.00000385. The lowest BCUT2D eigenvalue weighted by Gasteiger charge is -2.34. The minimum atomic E-state index is -0.0104. The largest absolute Gasteiger partial charge is 0.385 e. The van der Waals surface area contributed by atoms with Gasteiger partial charge in [-0.05, 0) is 56.7 Å². The van der Waals surface area contributed by atoms with Crippen molar-refractivity contribution in [1.29, 1.82) is 0 Å². The fourth-order valence-corrected chi connectivity index (χ4v) is 4.15. The van der Waals surface area contributed by atoms with E-state index in [9.17, 15) is 4.79 Å². The van der Waals surface area contributed by atoms with Crippen molar-refractivity contribution >= 4 is 41.7 Å². The molecule has 9 heteroatoms. The molecule has 0 unspecified atom stereocenters. The van der Waals surface area contributed by atoms with Gasteiger partial charge < -0.3 is 29.9 Å². The smallest absolute Gasteiger partial charge is 0.321 e. The summed E-state index contributed by atoms with van der Waals surface area (Å²) in [4.78, 5) is 21.4. The van der Waals surface area contributed by atoms with Crippen LogP contribution >= 0.6 is 24.0 Å². The van der Waals surface area contributed by atoms with Crippen molar-refractivity contribution in [3.8, 4) is 0 Å². The molecular formula is C24H40IN5O3. The molecule has 186 valence electrons. The number of hydrogen-bond acceptors (Lipinski definition) is 4. The number of methoxy groups -OCH3 is 1. The van der Waals surface area contributed by atoms with Crippen molar-refractivity contribution in [2.75, 3.05) is 58.4 Å². The molecule has 33 heavy (non-hydrogen) atoms. The van der Waals surface area contributed by atoms with Crippen LogP contribution in [0.4, 0.5) is 10.5 Å². The summed E-state index contributed by atoms with van der Waals surface area (Å²) in [6, 6.07) is 7.97. The highest BCUT2D eigenvalue weighted by Gasteiger charge is 2.22. The summed E-state index contributed by atoms with van der Waals surface area (Å²) >= 11 is 0. The second-order valence-corrected chi connectivity index (χ2v) is 8.40. The quantitative estimate of drug-likeness (QED) is 0.203. The van der Waals surface area contributed by atoms with Crippen LogP contribution < -0.4 is 10.6 Å².